The first-order valence-electron chi connectivity index (χ1n) is 4.20. The lowest BCUT2D eigenvalue weighted by Crippen LogP contribution is -2.12. The van der Waals surface area contributed by atoms with Gasteiger partial charge in [-0.2, -0.15) is 5.10 Å². The van der Waals surface area contributed by atoms with Gasteiger partial charge in [-0.3, -0.25) is 14.9 Å². The van der Waals surface area contributed by atoms with Crippen LogP contribution in [0, 0.1) is 4.77 Å². The van der Waals surface area contributed by atoms with E-state index in [1.807, 2.05) is 0 Å². The fourth-order valence-corrected chi connectivity index (χ4v) is 1.69. The van der Waals surface area contributed by atoms with E-state index in [4.69, 9.17) is 12.2 Å². The monoisotopic (exact) mass is 219 g/mol. The number of nitrogens with zero attached hydrogens (tertiary/aromatic N) is 3. The van der Waals surface area contributed by atoms with Crippen molar-refractivity contribution >= 4 is 28.6 Å². The van der Waals surface area contributed by atoms with E-state index in [1.165, 1.54) is 10.7 Å². The van der Waals surface area contributed by atoms with Crippen molar-refractivity contribution in [2.24, 2.45) is 0 Å². The number of aromatic amines is 2. The first-order valence-corrected chi connectivity index (χ1v) is 4.61. The Morgan fingerprint density at radius 1 is 1.40 bits per heavy atom. The van der Waals surface area contributed by atoms with Gasteiger partial charge in [0.2, 0.25) is 4.77 Å². The molecule has 0 bridgehead atoms. The fourth-order valence-electron chi connectivity index (χ4n) is 1.51. The molecule has 0 aromatic carbocycles. The van der Waals surface area contributed by atoms with Gasteiger partial charge in [0.05, 0.1) is 5.39 Å². The summed E-state index contributed by atoms with van der Waals surface area (Å²) in [6, 6.07) is 1.73. The van der Waals surface area contributed by atoms with Crippen molar-refractivity contribution in [3.63, 3.8) is 0 Å². The van der Waals surface area contributed by atoms with Crippen molar-refractivity contribution in [1.82, 2.24) is 24.8 Å². The zero-order chi connectivity index (χ0) is 10.4. The largest absolute Gasteiger partial charge is 0.272 e. The summed E-state index contributed by atoms with van der Waals surface area (Å²) >= 11 is 4.97. The highest BCUT2D eigenvalue weighted by Crippen LogP contribution is 2.11. The minimum atomic E-state index is -0.233. The van der Waals surface area contributed by atoms with Crippen LogP contribution in [0.3, 0.4) is 0 Å². The molecule has 0 aliphatic rings. The highest BCUT2D eigenvalue weighted by molar-refractivity contribution is 7.71. The van der Waals surface area contributed by atoms with E-state index in [-0.39, 0.29) is 5.56 Å². The molecule has 0 radical (unpaired) electrons. The van der Waals surface area contributed by atoms with Gasteiger partial charge in [0.1, 0.15) is 0 Å². The second-order valence-corrected chi connectivity index (χ2v) is 3.44. The number of H-pyrrole nitrogens is 2. The zero-order valence-electron chi connectivity index (χ0n) is 7.39. The average molecular weight is 219 g/mol. The molecule has 7 heteroatoms. The number of rotatable bonds is 0. The molecule has 15 heavy (non-hydrogen) atoms. The lowest BCUT2D eigenvalue weighted by molar-refractivity contribution is 0.893. The molecule has 74 valence electrons. The zero-order valence-corrected chi connectivity index (χ0v) is 8.21. The molecule has 3 aromatic heterocycles. The maximum Gasteiger partial charge on any atom is 0.272 e. The molecule has 0 atom stereocenters. The van der Waals surface area contributed by atoms with Gasteiger partial charge in [-0.25, -0.2) is 9.61 Å². The number of pyridine rings is 1. The van der Waals surface area contributed by atoms with E-state index in [0.717, 1.165) is 5.39 Å². The predicted octanol–water partition coefficient (Wildman–Crippen LogP) is 0.628. The summed E-state index contributed by atoms with van der Waals surface area (Å²) in [5.41, 5.74) is 0.361. The van der Waals surface area contributed by atoms with Crippen LogP contribution < -0.4 is 5.56 Å². The molecule has 0 aliphatic heterocycles. The minimum absolute atomic E-state index is 0.233. The normalized spacial score (nSPS) is 11.2. The lowest BCUT2D eigenvalue weighted by Gasteiger charge is -1.97. The highest BCUT2D eigenvalue weighted by Gasteiger charge is 2.06. The molecular formula is C8H5N5OS. The molecule has 0 saturated carbocycles. The van der Waals surface area contributed by atoms with Crippen molar-refractivity contribution < 1.29 is 0 Å². The highest BCUT2D eigenvalue weighted by atomic mass is 32.1. The topological polar surface area (TPSA) is 78.8 Å². The van der Waals surface area contributed by atoms with E-state index < -0.39 is 0 Å². The first-order chi connectivity index (χ1) is 7.27. The van der Waals surface area contributed by atoms with Gasteiger partial charge in [0.25, 0.3) is 5.56 Å². The van der Waals surface area contributed by atoms with Crippen molar-refractivity contribution in [3.8, 4) is 0 Å². The smallest absolute Gasteiger partial charge is 0.267 e. The van der Waals surface area contributed by atoms with E-state index in [2.05, 4.69) is 20.3 Å². The van der Waals surface area contributed by atoms with Crippen LogP contribution >= 0.6 is 12.2 Å². The first kappa shape index (κ1) is 8.30. The SMILES string of the molecule is O=c1[nH]n2c(=S)[nH]nc2c2ccncc12. The Kier molecular flexibility index (Phi) is 1.51. The lowest BCUT2D eigenvalue weighted by atomic mass is 10.2. The molecule has 3 heterocycles. The van der Waals surface area contributed by atoms with E-state index in [1.54, 1.807) is 12.3 Å². The molecule has 3 aromatic rings. The number of hydrogen-bond acceptors (Lipinski definition) is 4. The number of aromatic nitrogens is 5. The van der Waals surface area contributed by atoms with Gasteiger partial charge >= 0.3 is 0 Å². The summed E-state index contributed by atoms with van der Waals surface area (Å²) < 4.78 is 1.81. The molecular weight excluding hydrogens is 214 g/mol. The third-order valence-electron chi connectivity index (χ3n) is 2.19. The maximum absolute atomic E-state index is 11.6. The molecule has 0 amide bonds. The van der Waals surface area contributed by atoms with Gasteiger partial charge in [-0.15, -0.1) is 0 Å². The molecule has 0 fully saturated rings. The Balaban J connectivity index is 2.78. The maximum atomic E-state index is 11.6. The summed E-state index contributed by atoms with van der Waals surface area (Å²) in [7, 11) is 0. The van der Waals surface area contributed by atoms with Gasteiger partial charge < -0.3 is 0 Å². The molecule has 2 N–H and O–H groups in total. The summed E-state index contributed by atoms with van der Waals surface area (Å²) in [4.78, 5) is 15.5. The van der Waals surface area contributed by atoms with Crippen molar-refractivity contribution in [2.45, 2.75) is 0 Å². The third kappa shape index (κ3) is 1.03. The summed E-state index contributed by atoms with van der Waals surface area (Å²) in [6.07, 6.45) is 3.12. The Hall–Kier alpha value is -2.02. The van der Waals surface area contributed by atoms with Crippen LogP contribution in [0.25, 0.3) is 16.4 Å². The van der Waals surface area contributed by atoms with Crippen LogP contribution in [0.2, 0.25) is 0 Å². The Labute approximate surface area is 87.6 Å². The van der Waals surface area contributed by atoms with E-state index in [0.29, 0.717) is 15.8 Å². The molecule has 0 spiro atoms. The van der Waals surface area contributed by atoms with E-state index >= 15 is 0 Å². The average Bonchev–Trinajstić information content (AvgIpc) is 2.62. The Morgan fingerprint density at radius 3 is 3.13 bits per heavy atom. The standard InChI is InChI=1S/C8H5N5OS/c14-7-5-3-9-2-1-4(5)6-10-11-8(15)13(6)12-7/h1-3H,(H,11,15)(H,12,14). The van der Waals surface area contributed by atoms with Crippen LogP contribution in [-0.4, -0.2) is 24.8 Å². The van der Waals surface area contributed by atoms with Gasteiger partial charge in [-0.05, 0) is 18.3 Å². The molecule has 0 saturated heterocycles. The second kappa shape index (κ2) is 2.74. The van der Waals surface area contributed by atoms with Crippen molar-refractivity contribution in [1.29, 1.82) is 0 Å². The summed E-state index contributed by atoms with van der Waals surface area (Å²) in [5.74, 6) is 0. The van der Waals surface area contributed by atoms with Crippen molar-refractivity contribution in [3.05, 3.63) is 33.6 Å². The quantitative estimate of drug-likeness (QED) is 0.543. The third-order valence-corrected chi connectivity index (χ3v) is 2.47. The number of nitrogens with one attached hydrogen (secondary N) is 2. The summed E-state index contributed by atoms with van der Waals surface area (Å²) in [5, 5.41) is 10.5. The Morgan fingerprint density at radius 2 is 2.27 bits per heavy atom. The van der Waals surface area contributed by atoms with Gasteiger partial charge in [0.15, 0.2) is 5.65 Å². The predicted molar refractivity (Wildman–Crippen MR) is 56.3 cm³/mol. The molecule has 0 unspecified atom stereocenters. The molecule has 0 aliphatic carbocycles. The molecule has 6 nitrogen and oxygen atoms in total. The van der Waals surface area contributed by atoms with Gasteiger partial charge in [0, 0.05) is 17.8 Å². The number of hydrogen-bond donors (Lipinski definition) is 2. The molecule has 3 rings (SSSR count). The van der Waals surface area contributed by atoms with Crippen molar-refractivity contribution in [2.75, 3.05) is 0 Å². The second-order valence-electron chi connectivity index (χ2n) is 3.05. The Bertz CT molecular complexity index is 768. The summed E-state index contributed by atoms with van der Waals surface area (Å²) in [6.45, 7) is 0. The minimum Gasteiger partial charge on any atom is -0.267 e. The number of fused-ring (bicyclic) bond motifs is 3. The van der Waals surface area contributed by atoms with Gasteiger partial charge in [-0.1, -0.05) is 0 Å². The van der Waals surface area contributed by atoms with Crippen LogP contribution in [0.1, 0.15) is 0 Å². The fraction of sp³-hybridized carbons (Fsp3) is 0. The van der Waals surface area contributed by atoms with E-state index in [9.17, 15) is 4.79 Å². The van der Waals surface area contributed by atoms with Crippen LogP contribution in [0.5, 0.6) is 0 Å². The van der Waals surface area contributed by atoms with Crippen LogP contribution in [0.15, 0.2) is 23.3 Å². The van der Waals surface area contributed by atoms with Crippen LogP contribution in [0.4, 0.5) is 0 Å². The van der Waals surface area contributed by atoms with Crippen LogP contribution in [-0.2, 0) is 0 Å².